The summed E-state index contributed by atoms with van der Waals surface area (Å²) in [7, 11) is 0. The summed E-state index contributed by atoms with van der Waals surface area (Å²) in [6.07, 6.45) is 13.7. The predicted octanol–water partition coefficient (Wildman–Crippen LogP) is 5.84. The van der Waals surface area contributed by atoms with Crippen LogP contribution in [0.4, 0.5) is 0 Å². The van der Waals surface area contributed by atoms with E-state index in [1.54, 1.807) is 0 Å². The van der Waals surface area contributed by atoms with Gasteiger partial charge in [0.05, 0.1) is 0 Å². The molecule has 0 fully saturated rings. The molecule has 2 heteroatoms. The fraction of sp³-hybridized carbons (Fsp3) is 1.00. The van der Waals surface area contributed by atoms with E-state index < -0.39 is 0 Å². The van der Waals surface area contributed by atoms with E-state index >= 15 is 0 Å². The van der Waals surface area contributed by atoms with Crippen molar-refractivity contribution in [1.29, 1.82) is 0 Å². The molecular weight excluding hydrogens is 315 g/mol. The molecule has 94 valence electrons. The molecule has 0 atom stereocenters. The Bertz CT molecular complexity index is 94.7. The zero-order chi connectivity index (χ0) is 10.6. The average molecular weight is 344 g/mol. The Hall–Kier alpha value is 1.08. The number of hydrogen-bond donors (Lipinski definition) is 1. The molecule has 0 radical (unpaired) electrons. The first-order valence-corrected chi connectivity index (χ1v) is 7.01. The number of hydrogen-bond acceptors (Lipinski definition) is 1. The molecule has 0 aromatic heterocycles. The van der Waals surface area contributed by atoms with E-state index in [1.165, 1.54) is 64.2 Å². The zero-order valence-corrected chi connectivity index (χ0v) is 13.7. The van der Waals surface area contributed by atoms with Gasteiger partial charge in [-0.3, -0.25) is 0 Å². The number of thiol groups is 1. The summed E-state index contributed by atoms with van der Waals surface area (Å²) >= 11 is 4.63. The van der Waals surface area contributed by atoms with Gasteiger partial charge in [-0.25, -0.2) is 0 Å². The topological polar surface area (TPSA) is 0 Å². The Balaban J connectivity index is 0. The highest BCUT2D eigenvalue weighted by Gasteiger charge is 2.01. The minimum atomic E-state index is 0. The van der Waals surface area contributed by atoms with Crippen molar-refractivity contribution < 1.29 is 0 Å². The minimum Gasteiger partial charge on any atom is -0.176 e. The molecule has 0 N–H and O–H groups in total. The molecule has 0 heterocycles. The molecule has 0 aliphatic carbocycles. The molecule has 0 aliphatic heterocycles. The van der Waals surface area contributed by atoms with E-state index in [4.69, 9.17) is 0 Å². The van der Waals surface area contributed by atoms with Gasteiger partial charge in [-0.05, 0) is 12.8 Å². The average Bonchev–Trinajstić information content (AvgIpc) is 2.19. The van der Waals surface area contributed by atoms with Gasteiger partial charge in [0.2, 0.25) is 0 Å². The Labute approximate surface area is 119 Å². The smallest absolute Gasteiger partial charge is 0.00168 e. The molecule has 0 aromatic carbocycles. The third-order valence-corrected chi connectivity index (χ3v) is 3.30. The Morgan fingerprint density at radius 2 is 1.13 bits per heavy atom. The van der Waals surface area contributed by atoms with Crippen LogP contribution in [0, 0.1) is 0 Å². The number of unbranched alkanes of at least 4 members (excludes halogenated alkanes) is 6. The third kappa shape index (κ3) is 15.1. The number of halogens is 1. The molecule has 0 spiro atoms. The van der Waals surface area contributed by atoms with E-state index in [9.17, 15) is 0 Å². The third-order valence-electron chi connectivity index (χ3n) is 2.78. The number of rotatable bonds is 10. The van der Waals surface area contributed by atoms with E-state index in [1.807, 2.05) is 0 Å². The van der Waals surface area contributed by atoms with Crippen LogP contribution in [0.5, 0.6) is 0 Å². The van der Waals surface area contributed by atoms with Gasteiger partial charge in [-0.1, -0.05) is 65.2 Å². The lowest BCUT2D eigenvalue weighted by molar-refractivity contribution is 0.566. The van der Waals surface area contributed by atoms with Gasteiger partial charge in [0.25, 0.3) is 0 Å². The highest BCUT2D eigenvalue weighted by molar-refractivity contribution is 14.0. The molecule has 0 saturated carbocycles. The highest BCUT2D eigenvalue weighted by atomic mass is 127. The van der Waals surface area contributed by atoms with Crippen LogP contribution in [0.2, 0.25) is 0 Å². The molecule has 0 aromatic rings. The zero-order valence-electron chi connectivity index (χ0n) is 10.5. The standard InChI is InChI=1S/C13H28S.HI/c1-3-5-7-9-11-13(14)12-10-8-6-4-2;/h13-14H,3-12H2,1-2H3;1H. The van der Waals surface area contributed by atoms with Crippen LogP contribution in [-0.4, -0.2) is 5.25 Å². The van der Waals surface area contributed by atoms with Crippen molar-refractivity contribution in [3.63, 3.8) is 0 Å². The van der Waals surface area contributed by atoms with Crippen molar-refractivity contribution in [3.05, 3.63) is 0 Å². The fourth-order valence-corrected chi connectivity index (χ4v) is 2.12. The van der Waals surface area contributed by atoms with Crippen LogP contribution in [0.3, 0.4) is 0 Å². The Kier molecular flexibility index (Phi) is 18.5. The van der Waals surface area contributed by atoms with Crippen LogP contribution in [-0.2, 0) is 0 Å². The summed E-state index contributed by atoms with van der Waals surface area (Å²) < 4.78 is 0. The lowest BCUT2D eigenvalue weighted by atomic mass is 10.1. The maximum absolute atomic E-state index is 4.63. The lowest BCUT2D eigenvalue weighted by Crippen LogP contribution is -1.98. The monoisotopic (exact) mass is 344 g/mol. The van der Waals surface area contributed by atoms with E-state index in [2.05, 4.69) is 26.5 Å². The highest BCUT2D eigenvalue weighted by Crippen LogP contribution is 2.16. The molecule has 0 unspecified atom stereocenters. The summed E-state index contributed by atoms with van der Waals surface area (Å²) in [4.78, 5) is 0. The van der Waals surface area contributed by atoms with Gasteiger partial charge >= 0.3 is 0 Å². The van der Waals surface area contributed by atoms with Crippen LogP contribution in [0.15, 0.2) is 0 Å². The second kappa shape index (κ2) is 15.1. The van der Waals surface area contributed by atoms with Gasteiger partial charge in [0.1, 0.15) is 0 Å². The second-order valence-electron chi connectivity index (χ2n) is 4.35. The van der Waals surface area contributed by atoms with E-state index in [0.29, 0.717) is 5.25 Å². The van der Waals surface area contributed by atoms with Crippen molar-refractivity contribution in [2.45, 2.75) is 83.3 Å². The van der Waals surface area contributed by atoms with Crippen molar-refractivity contribution in [2.75, 3.05) is 0 Å². The van der Waals surface area contributed by atoms with Gasteiger partial charge in [-0.15, -0.1) is 24.0 Å². The molecule has 0 bridgehead atoms. The largest absolute Gasteiger partial charge is 0.176 e. The summed E-state index contributed by atoms with van der Waals surface area (Å²) in [5.41, 5.74) is 0. The quantitative estimate of drug-likeness (QED) is 0.287. The van der Waals surface area contributed by atoms with Crippen LogP contribution in [0.25, 0.3) is 0 Å². The Morgan fingerprint density at radius 3 is 1.47 bits per heavy atom. The molecule has 15 heavy (non-hydrogen) atoms. The molecule has 0 saturated heterocycles. The van der Waals surface area contributed by atoms with Crippen LogP contribution >= 0.6 is 36.6 Å². The molecule has 0 amide bonds. The summed E-state index contributed by atoms with van der Waals surface area (Å²) in [5.74, 6) is 0. The van der Waals surface area contributed by atoms with E-state index in [0.717, 1.165) is 0 Å². The summed E-state index contributed by atoms with van der Waals surface area (Å²) in [5, 5.41) is 0.670. The van der Waals surface area contributed by atoms with Crippen LogP contribution < -0.4 is 0 Å². The van der Waals surface area contributed by atoms with Crippen molar-refractivity contribution >= 4 is 36.6 Å². The van der Waals surface area contributed by atoms with Gasteiger partial charge in [0, 0.05) is 5.25 Å². The maximum Gasteiger partial charge on any atom is 0.00168 e. The molecular formula is C13H29IS. The first-order chi connectivity index (χ1) is 6.81. The van der Waals surface area contributed by atoms with Gasteiger partial charge < -0.3 is 0 Å². The Morgan fingerprint density at radius 1 is 0.733 bits per heavy atom. The first kappa shape index (κ1) is 18.4. The van der Waals surface area contributed by atoms with Crippen molar-refractivity contribution in [1.82, 2.24) is 0 Å². The summed E-state index contributed by atoms with van der Waals surface area (Å²) in [6, 6.07) is 0. The van der Waals surface area contributed by atoms with Crippen molar-refractivity contribution in [3.8, 4) is 0 Å². The maximum atomic E-state index is 4.63. The van der Waals surface area contributed by atoms with Gasteiger partial charge in [-0.2, -0.15) is 12.6 Å². The molecule has 0 nitrogen and oxygen atoms in total. The second-order valence-corrected chi connectivity index (χ2v) is 5.08. The normalized spacial score (nSPS) is 10.4. The lowest BCUT2D eigenvalue weighted by Gasteiger charge is -2.09. The first-order valence-electron chi connectivity index (χ1n) is 6.49. The SMILES string of the molecule is CCCCCCC(S)CCCCCC.I. The predicted molar refractivity (Wildman–Crippen MR) is 85.7 cm³/mol. The summed E-state index contributed by atoms with van der Waals surface area (Å²) in [6.45, 7) is 4.53. The van der Waals surface area contributed by atoms with Crippen molar-refractivity contribution in [2.24, 2.45) is 0 Å². The van der Waals surface area contributed by atoms with E-state index in [-0.39, 0.29) is 24.0 Å². The molecule has 0 aliphatic rings. The fourth-order valence-electron chi connectivity index (χ4n) is 1.76. The minimum absolute atomic E-state index is 0. The van der Waals surface area contributed by atoms with Crippen LogP contribution in [0.1, 0.15) is 78.1 Å². The van der Waals surface area contributed by atoms with Gasteiger partial charge in [0.15, 0.2) is 0 Å². The molecule has 0 rings (SSSR count).